The number of carboxylic acids is 1. The number of hydrogen-bond donors (Lipinski definition) is 2. The van der Waals surface area contributed by atoms with Gasteiger partial charge in [-0.1, -0.05) is 17.7 Å². The summed E-state index contributed by atoms with van der Waals surface area (Å²) in [6.07, 6.45) is 0. The van der Waals surface area contributed by atoms with E-state index in [9.17, 15) is 14.4 Å². The third-order valence-corrected chi connectivity index (χ3v) is 5.48. The predicted molar refractivity (Wildman–Crippen MR) is 105 cm³/mol. The van der Waals surface area contributed by atoms with E-state index < -0.39 is 12.0 Å². The maximum Gasteiger partial charge on any atom is 0.335 e. The van der Waals surface area contributed by atoms with Gasteiger partial charge in [-0.15, -0.1) is 11.8 Å². The van der Waals surface area contributed by atoms with Crippen LogP contribution in [-0.4, -0.2) is 45.5 Å². The zero-order valence-electron chi connectivity index (χ0n) is 15.1. The van der Waals surface area contributed by atoms with Crippen LogP contribution in [0.25, 0.3) is 0 Å². The molecule has 2 aromatic rings. The number of nitrogens with one attached hydrogen (secondary N) is 1. The molecule has 1 heterocycles. The number of aromatic carboxylic acids is 1. The first-order valence-corrected chi connectivity index (χ1v) is 9.62. The quantitative estimate of drug-likeness (QED) is 0.846. The fourth-order valence-electron chi connectivity index (χ4n) is 2.95. The molecule has 27 heavy (non-hydrogen) atoms. The van der Waals surface area contributed by atoms with Gasteiger partial charge in [-0.05, 0) is 49.7 Å². The summed E-state index contributed by atoms with van der Waals surface area (Å²) >= 11 is 1.52. The maximum absolute atomic E-state index is 12.8. The molecule has 0 radical (unpaired) electrons. The molecule has 1 fully saturated rings. The van der Waals surface area contributed by atoms with Crippen molar-refractivity contribution in [3.63, 3.8) is 0 Å². The molecule has 7 heteroatoms. The lowest BCUT2D eigenvalue weighted by Crippen LogP contribution is -2.44. The molecule has 1 unspecified atom stereocenters. The van der Waals surface area contributed by atoms with E-state index in [-0.39, 0.29) is 17.4 Å². The van der Waals surface area contributed by atoms with Gasteiger partial charge in [0.25, 0.3) is 5.91 Å². The molecule has 0 bridgehead atoms. The van der Waals surface area contributed by atoms with Gasteiger partial charge in [-0.3, -0.25) is 9.59 Å². The Kier molecular flexibility index (Phi) is 5.51. The second-order valence-corrected chi connectivity index (χ2v) is 7.48. The Morgan fingerprint density at radius 1 is 1.07 bits per heavy atom. The number of aryl methyl sites for hydroxylation is 2. The summed E-state index contributed by atoms with van der Waals surface area (Å²) in [7, 11) is 0. The van der Waals surface area contributed by atoms with Crippen LogP contribution in [0.2, 0.25) is 0 Å². The summed E-state index contributed by atoms with van der Waals surface area (Å²) in [6, 6.07) is 11.0. The minimum atomic E-state index is -1.04. The van der Waals surface area contributed by atoms with E-state index in [2.05, 4.69) is 5.32 Å². The first-order chi connectivity index (χ1) is 12.9. The van der Waals surface area contributed by atoms with Crippen molar-refractivity contribution in [2.24, 2.45) is 0 Å². The standard InChI is InChI=1S/C20H20N2O4S/c1-12-3-8-16(13(2)9-12)21-18(23)17-10-27-11-22(17)19(24)14-4-6-15(7-5-14)20(25)26/h3-9,17H,10-11H2,1-2H3,(H,21,23)(H,25,26). The SMILES string of the molecule is Cc1ccc(NC(=O)C2CSCN2C(=O)c2ccc(C(=O)O)cc2)c(C)c1. The van der Waals surface area contributed by atoms with E-state index in [4.69, 9.17) is 5.11 Å². The maximum atomic E-state index is 12.8. The zero-order chi connectivity index (χ0) is 19.6. The Labute approximate surface area is 161 Å². The highest BCUT2D eigenvalue weighted by molar-refractivity contribution is 7.99. The van der Waals surface area contributed by atoms with Gasteiger partial charge in [0.15, 0.2) is 0 Å². The Balaban J connectivity index is 1.74. The van der Waals surface area contributed by atoms with Crippen LogP contribution in [-0.2, 0) is 4.79 Å². The molecule has 0 aliphatic carbocycles. The molecule has 0 saturated carbocycles. The predicted octanol–water partition coefficient (Wildman–Crippen LogP) is 3.16. The zero-order valence-corrected chi connectivity index (χ0v) is 15.9. The molecular formula is C20H20N2O4S. The van der Waals surface area contributed by atoms with Crippen LogP contribution < -0.4 is 5.32 Å². The average molecular weight is 384 g/mol. The minimum Gasteiger partial charge on any atom is -0.478 e. The lowest BCUT2D eigenvalue weighted by Gasteiger charge is -2.23. The Bertz CT molecular complexity index is 895. The highest BCUT2D eigenvalue weighted by atomic mass is 32.2. The molecular weight excluding hydrogens is 364 g/mol. The van der Waals surface area contributed by atoms with Crippen molar-refractivity contribution in [1.29, 1.82) is 0 Å². The summed E-state index contributed by atoms with van der Waals surface area (Å²) in [5.41, 5.74) is 3.30. The number of rotatable bonds is 4. The third-order valence-electron chi connectivity index (χ3n) is 4.46. The van der Waals surface area contributed by atoms with Crippen molar-refractivity contribution in [2.45, 2.75) is 19.9 Å². The molecule has 6 nitrogen and oxygen atoms in total. The van der Waals surface area contributed by atoms with Gasteiger partial charge in [0, 0.05) is 17.0 Å². The van der Waals surface area contributed by atoms with Crippen LogP contribution in [0, 0.1) is 13.8 Å². The van der Waals surface area contributed by atoms with E-state index in [1.807, 2.05) is 32.0 Å². The van der Waals surface area contributed by atoms with Crippen molar-refractivity contribution in [1.82, 2.24) is 4.90 Å². The lowest BCUT2D eigenvalue weighted by molar-refractivity contribution is -0.119. The fourth-order valence-corrected chi connectivity index (χ4v) is 4.10. The topological polar surface area (TPSA) is 86.7 Å². The Hall–Kier alpha value is -2.80. The summed E-state index contributed by atoms with van der Waals surface area (Å²) in [5.74, 6) is -0.600. The van der Waals surface area contributed by atoms with Crippen LogP contribution in [0.5, 0.6) is 0 Å². The van der Waals surface area contributed by atoms with Crippen molar-refractivity contribution in [3.8, 4) is 0 Å². The third kappa shape index (κ3) is 4.14. The number of carbonyl (C=O) groups is 3. The smallest absolute Gasteiger partial charge is 0.335 e. The number of carbonyl (C=O) groups excluding carboxylic acids is 2. The van der Waals surface area contributed by atoms with Crippen LogP contribution in [0.4, 0.5) is 5.69 Å². The van der Waals surface area contributed by atoms with Crippen LogP contribution in [0.15, 0.2) is 42.5 Å². The summed E-state index contributed by atoms with van der Waals surface area (Å²) < 4.78 is 0. The fraction of sp³-hybridized carbons (Fsp3) is 0.250. The van der Waals surface area contributed by atoms with E-state index >= 15 is 0 Å². The largest absolute Gasteiger partial charge is 0.478 e. The van der Waals surface area contributed by atoms with Gasteiger partial charge in [0.05, 0.1) is 11.4 Å². The molecule has 140 valence electrons. The average Bonchev–Trinajstić information content (AvgIpc) is 3.13. The van der Waals surface area contributed by atoms with E-state index in [1.165, 1.54) is 40.9 Å². The first kappa shape index (κ1) is 19.0. The molecule has 2 aromatic carbocycles. The first-order valence-electron chi connectivity index (χ1n) is 8.47. The number of anilines is 1. The molecule has 1 atom stereocenters. The van der Waals surface area contributed by atoms with E-state index in [0.29, 0.717) is 17.2 Å². The number of nitrogens with zero attached hydrogens (tertiary/aromatic N) is 1. The van der Waals surface area contributed by atoms with Gasteiger partial charge in [-0.2, -0.15) is 0 Å². The summed E-state index contributed by atoms with van der Waals surface area (Å²) in [6.45, 7) is 3.92. The summed E-state index contributed by atoms with van der Waals surface area (Å²) in [5, 5.41) is 11.9. The summed E-state index contributed by atoms with van der Waals surface area (Å²) in [4.78, 5) is 38.0. The molecule has 2 amide bonds. The monoisotopic (exact) mass is 384 g/mol. The number of thioether (sulfide) groups is 1. The second kappa shape index (κ2) is 7.84. The van der Waals surface area contributed by atoms with Crippen molar-refractivity contribution >= 4 is 35.2 Å². The molecule has 3 rings (SSSR count). The highest BCUT2D eigenvalue weighted by Gasteiger charge is 2.35. The van der Waals surface area contributed by atoms with Crippen molar-refractivity contribution in [2.75, 3.05) is 16.9 Å². The van der Waals surface area contributed by atoms with E-state index in [0.717, 1.165) is 16.8 Å². The van der Waals surface area contributed by atoms with Gasteiger partial charge in [-0.25, -0.2) is 4.79 Å². The van der Waals surface area contributed by atoms with Gasteiger partial charge in [0.2, 0.25) is 5.91 Å². The highest BCUT2D eigenvalue weighted by Crippen LogP contribution is 2.25. The van der Waals surface area contributed by atoms with Crippen molar-refractivity contribution < 1.29 is 19.5 Å². The Morgan fingerprint density at radius 2 is 1.74 bits per heavy atom. The van der Waals surface area contributed by atoms with Gasteiger partial charge in [0.1, 0.15) is 6.04 Å². The van der Waals surface area contributed by atoms with Crippen LogP contribution >= 0.6 is 11.8 Å². The number of hydrogen-bond acceptors (Lipinski definition) is 4. The lowest BCUT2D eigenvalue weighted by atomic mass is 10.1. The number of amides is 2. The molecule has 2 N–H and O–H groups in total. The molecule has 1 saturated heterocycles. The number of benzene rings is 2. The minimum absolute atomic E-state index is 0.117. The molecule has 1 aliphatic rings. The molecule has 0 spiro atoms. The van der Waals surface area contributed by atoms with Crippen molar-refractivity contribution in [3.05, 3.63) is 64.7 Å². The van der Waals surface area contributed by atoms with Gasteiger partial charge >= 0.3 is 5.97 Å². The van der Waals surface area contributed by atoms with Crippen LogP contribution in [0.3, 0.4) is 0 Å². The Morgan fingerprint density at radius 3 is 2.37 bits per heavy atom. The molecule has 1 aliphatic heterocycles. The van der Waals surface area contributed by atoms with Gasteiger partial charge < -0.3 is 15.3 Å². The second-order valence-electron chi connectivity index (χ2n) is 6.48. The molecule has 0 aromatic heterocycles. The van der Waals surface area contributed by atoms with E-state index in [1.54, 1.807) is 0 Å². The van der Waals surface area contributed by atoms with Crippen LogP contribution in [0.1, 0.15) is 31.8 Å². The number of carboxylic acid groups (broad SMARTS) is 1. The normalized spacial score (nSPS) is 16.2.